The molecule has 1 aliphatic heterocycles. The zero-order valence-electron chi connectivity index (χ0n) is 10.0. The van der Waals surface area contributed by atoms with Crippen LogP contribution in [0, 0.1) is 6.92 Å². The number of fused-ring (bicyclic) bond motifs is 1. The lowest BCUT2D eigenvalue weighted by Crippen LogP contribution is -1.97. The molecule has 6 heteroatoms. The molecule has 0 radical (unpaired) electrons. The largest absolute Gasteiger partial charge is 0.454 e. The highest BCUT2D eigenvalue weighted by Gasteiger charge is 2.24. The first-order valence-electron chi connectivity index (χ1n) is 5.46. The van der Waals surface area contributed by atoms with Crippen LogP contribution in [0.5, 0.6) is 11.5 Å². The van der Waals surface area contributed by atoms with Crippen molar-refractivity contribution < 1.29 is 9.47 Å². The van der Waals surface area contributed by atoms with Crippen LogP contribution in [0.3, 0.4) is 0 Å². The summed E-state index contributed by atoms with van der Waals surface area (Å²) in [5.74, 6) is 2.07. The van der Waals surface area contributed by atoms with Gasteiger partial charge in [-0.2, -0.15) is 5.10 Å². The third-order valence-electron chi connectivity index (χ3n) is 3.03. The number of anilines is 1. The van der Waals surface area contributed by atoms with Gasteiger partial charge in [0, 0.05) is 17.6 Å². The van der Waals surface area contributed by atoms with Crippen LogP contribution in [-0.2, 0) is 7.05 Å². The van der Waals surface area contributed by atoms with Crippen molar-refractivity contribution in [1.82, 2.24) is 9.78 Å². The van der Waals surface area contributed by atoms with E-state index in [1.54, 1.807) is 4.68 Å². The Labute approximate surface area is 113 Å². The van der Waals surface area contributed by atoms with Gasteiger partial charge in [-0.25, -0.2) is 0 Å². The lowest BCUT2D eigenvalue weighted by atomic mass is 10.0. The standard InChI is InChI=1S/C12H12BrN3O2/c1-6-7(13)3-9-12(18-5-17-9)11(6)8-4-10(14)16(2)15-8/h3-4H,5,14H2,1-2H3. The van der Waals surface area contributed by atoms with Crippen LogP contribution in [0.1, 0.15) is 5.56 Å². The number of nitrogen functional groups attached to an aromatic ring is 1. The van der Waals surface area contributed by atoms with Crippen molar-refractivity contribution in [2.45, 2.75) is 6.92 Å². The van der Waals surface area contributed by atoms with Gasteiger partial charge < -0.3 is 15.2 Å². The number of nitrogens with zero attached hydrogens (tertiary/aromatic N) is 2. The number of rotatable bonds is 1. The lowest BCUT2D eigenvalue weighted by molar-refractivity contribution is 0.174. The van der Waals surface area contributed by atoms with Crippen molar-refractivity contribution in [2.24, 2.45) is 7.05 Å². The van der Waals surface area contributed by atoms with E-state index in [1.807, 2.05) is 26.1 Å². The van der Waals surface area contributed by atoms with E-state index in [-0.39, 0.29) is 6.79 Å². The molecule has 0 spiro atoms. The summed E-state index contributed by atoms with van der Waals surface area (Å²) in [4.78, 5) is 0. The van der Waals surface area contributed by atoms with Crippen molar-refractivity contribution in [3.63, 3.8) is 0 Å². The number of aryl methyl sites for hydroxylation is 1. The van der Waals surface area contributed by atoms with Crippen LogP contribution in [-0.4, -0.2) is 16.6 Å². The van der Waals surface area contributed by atoms with E-state index in [0.717, 1.165) is 32.8 Å². The molecule has 18 heavy (non-hydrogen) atoms. The molecule has 2 heterocycles. The third-order valence-corrected chi connectivity index (χ3v) is 3.86. The van der Waals surface area contributed by atoms with E-state index in [9.17, 15) is 0 Å². The fourth-order valence-electron chi connectivity index (χ4n) is 2.02. The van der Waals surface area contributed by atoms with Gasteiger partial charge in [0.2, 0.25) is 6.79 Å². The molecule has 0 unspecified atom stereocenters. The van der Waals surface area contributed by atoms with E-state index in [1.165, 1.54) is 0 Å². The Hall–Kier alpha value is -1.69. The average Bonchev–Trinajstić information content (AvgIpc) is 2.88. The number of hydrogen-bond acceptors (Lipinski definition) is 4. The Kier molecular flexibility index (Phi) is 2.48. The monoisotopic (exact) mass is 309 g/mol. The van der Waals surface area contributed by atoms with Gasteiger partial charge in [-0.3, -0.25) is 4.68 Å². The number of ether oxygens (including phenoxy) is 2. The summed E-state index contributed by atoms with van der Waals surface area (Å²) in [6, 6.07) is 3.74. The zero-order chi connectivity index (χ0) is 12.9. The SMILES string of the molecule is Cc1c(Br)cc2c(c1-c1cc(N)n(C)n1)OCO2. The van der Waals surface area contributed by atoms with Gasteiger partial charge >= 0.3 is 0 Å². The van der Waals surface area contributed by atoms with Crippen LogP contribution in [0.4, 0.5) is 5.82 Å². The normalized spacial score (nSPS) is 13.1. The molecule has 2 N–H and O–H groups in total. The number of benzene rings is 1. The maximum Gasteiger partial charge on any atom is 0.231 e. The highest BCUT2D eigenvalue weighted by atomic mass is 79.9. The molecule has 0 saturated carbocycles. The first-order chi connectivity index (χ1) is 8.58. The molecule has 0 bridgehead atoms. The van der Waals surface area contributed by atoms with Crippen molar-refractivity contribution in [2.75, 3.05) is 12.5 Å². The minimum absolute atomic E-state index is 0.237. The minimum Gasteiger partial charge on any atom is -0.454 e. The van der Waals surface area contributed by atoms with Gasteiger partial charge in [0.1, 0.15) is 5.82 Å². The molecule has 0 aliphatic carbocycles. The molecular formula is C12H12BrN3O2. The fourth-order valence-corrected chi connectivity index (χ4v) is 2.42. The van der Waals surface area contributed by atoms with Gasteiger partial charge in [-0.05, 0) is 18.6 Å². The lowest BCUT2D eigenvalue weighted by Gasteiger charge is -2.09. The molecule has 1 aromatic carbocycles. The predicted molar refractivity (Wildman–Crippen MR) is 71.6 cm³/mol. The van der Waals surface area contributed by atoms with Gasteiger partial charge in [0.05, 0.1) is 11.3 Å². The number of aromatic nitrogens is 2. The van der Waals surface area contributed by atoms with E-state index >= 15 is 0 Å². The summed E-state index contributed by atoms with van der Waals surface area (Å²) in [7, 11) is 1.81. The Balaban J connectivity index is 2.28. The highest BCUT2D eigenvalue weighted by Crippen LogP contribution is 2.46. The van der Waals surface area contributed by atoms with Crippen LogP contribution in [0.15, 0.2) is 16.6 Å². The second-order valence-electron chi connectivity index (χ2n) is 4.17. The summed E-state index contributed by atoms with van der Waals surface area (Å²) in [5.41, 5.74) is 8.59. The smallest absolute Gasteiger partial charge is 0.231 e. The summed E-state index contributed by atoms with van der Waals surface area (Å²) < 4.78 is 13.6. The van der Waals surface area contributed by atoms with Gasteiger partial charge in [0.25, 0.3) is 0 Å². The second-order valence-corrected chi connectivity index (χ2v) is 5.02. The molecule has 0 amide bonds. The summed E-state index contributed by atoms with van der Waals surface area (Å²) >= 11 is 3.52. The minimum atomic E-state index is 0.237. The number of hydrogen-bond donors (Lipinski definition) is 1. The van der Waals surface area contributed by atoms with Crippen LogP contribution >= 0.6 is 15.9 Å². The van der Waals surface area contributed by atoms with Gasteiger partial charge in [-0.15, -0.1) is 0 Å². The Bertz CT molecular complexity index is 617. The maximum atomic E-state index is 5.83. The first-order valence-corrected chi connectivity index (χ1v) is 6.26. The molecule has 1 aromatic heterocycles. The average molecular weight is 310 g/mol. The van der Waals surface area contributed by atoms with E-state index in [2.05, 4.69) is 21.0 Å². The van der Waals surface area contributed by atoms with Crippen LogP contribution in [0.2, 0.25) is 0 Å². The summed E-state index contributed by atoms with van der Waals surface area (Å²) in [6.45, 7) is 2.24. The third kappa shape index (κ3) is 1.56. The molecule has 5 nitrogen and oxygen atoms in total. The molecule has 94 valence electrons. The quantitative estimate of drug-likeness (QED) is 0.879. The van der Waals surface area contributed by atoms with Crippen molar-refractivity contribution in [3.05, 3.63) is 22.2 Å². The van der Waals surface area contributed by atoms with Crippen molar-refractivity contribution in [3.8, 4) is 22.8 Å². The molecule has 3 rings (SSSR count). The Morgan fingerprint density at radius 2 is 2.17 bits per heavy atom. The summed E-state index contributed by atoms with van der Waals surface area (Å²) in [5, 5.41) is 4.40. The second kappa shape index (κ2) is 3.91. The topological polar surface area (TPSA) is 62.3 Å². The Morgan fingerprint density at radius 3 is 2.83 bits per heavy atom. The van der Waals surface area contributed by atoms with E-state index < -0.39 is 0 Å². The zero-order valence-corrected chi connectivity index (χ0v) is 11.6. The van der Waals surface area contributed by atoms with Gasteiger partial charge in [-0.1, -0.05) is 15.9 Å². The molecule has 0 atom stereocenters. The van der Waals surface area contributed by atoms with Crippen molar-refractivity contribution >= 4 is 21.7 Å². The van der Waals surface area contributed by atoms with Crippen LogP contribution in [0.25, 0.3) is 11.3 Å². The van der Waals surface area contributed by atoms with Gasteiger partial charge in [0.15, 0.2) is 11.5 Å². The number of halogens is 1. The molecular weight excluding hydrogens is 298 g/mol. The molecule has 0 fully saturated rings. The first kappa shape index (κ1) is 11.4. The molecule has 2 aromatic rings. The number of nitrogens with two attached hydrogens (primary N) is 1. The fraction of sp³-hybridized carbons (Fsp3) is 0.250. The van der Waals surface area contributed by atoms with Crippen molar-refractivity contribution in [1.29, 1.82) is 0 Å². The molecule has 1 aliphatic rings. The maximum absolute atomic E-state index is 5.83. The molecule has 0 saturated heterocycles. The summed E-state index contributed by atoms with van der Waals surface area (Å²) in [6.07, 6.45) is 0. The highest BCUT2D eigenvalue weighted by molar-refractivity contribution is 9.10. The van der Waals surface area contributed by atoms with E-state index in [4.69, 9.17) is 15.2 Å². The van der Waals surface area contributed by atoms with E-state index in [0.29, 0.717) is 5.82 Å². The Morgan fingerprint density at radius 1 is 1.39 bits per heavy atom. The van der Waals surface area contributed by atoms with Crippen LogP contribution < -0.4 is 15.2 Å². The predicted octanol–water partition coefficient (Wildman–Crippen LogP) is 2.47.